The van der Waals surface area contributed by atoms with Crippen LogP contribution in [0.5, 0.6) is 0 Å². The van der Waals surface area contributed by atoms with Gasteiger partial charge in [-0.3, -0.25) is 0 Å². The minimum atomic E-state index is 0.115. The van der Waals surface area contributed by atoms with E-state index in [1.807, 2.05) is 0 Å². The summed E-state index contributed by atoms with van der Waals surface area (Å²) in [5, 5.41) is 0. The van der Waals surface area contributed by atoms with Crippen molar-refractivity contribution in [3.05, 3.63) is 0 Å². The Kier molecular flexibility index (Phi) is 6.61. The molecule has 13 heavy (non-hydrogen) atoms. The fourth-order valence-electron chi connectivity index (χ4n) is 1.49. The fourth-order valence-corrected chi connectivity index (χ4v) is 2.46. The first-order chi connectivity index (χ1) is 6.34. The van der Waals surface area contributed by atoms with E-state index in [-0.39, 0.29) is 7.12 Å². The van der Waals surface area contributed by atoms with Crippen molar-refractivity contribution in [1.29, 1.82) is 0 Å². The van der Waals surface area contributed by atoms with Gasteiger partial charge in [-0.15, -0.1) is 0 Å². The summed E-state index contributed by atoms with van der Waals surface area (Å²) in [4.78, 5) is 0. The number of hydrogen-bond acceptors (Lipinski definition) is 2. The monoisotopic (exact) mass is 259 g/mol. The van der Waals surface area contributed by atoms with E-state index in [0.717, 1.165) is 19.6 Å². The van der Waals surface area contributed by atoms with Crippen LogP contribution < -0.4 is 0 Å². The summed E-state index contributed by atoms with van der Waals surface area (Å²) < 4.78 is 11.8. The van der Waals surface area contributed by atoms with Crippen LogP contribution in [0.2, 0.25) is 3.53 Å². The van der Waals surface area contributed by atoms with Crippen molar-refractivity contribution in [3.8, 4) is 0 Å². The first kappa shape index (κ1) is 11.9. The topological polar surface area (TPSA) is 18.5 Å². The van der Waals surface area contributed by atoms with Crippen LogP contribution in [0.4, 0.5) is 0 Å². The molecule has 1 aliphatic heterocycles. The molecule has 1 saturated heterocycles. The number of rotatable bonds is 5. The zero-order valence-electron chi connectivity index (χ0n) is 8.42. The van der Waals surface area contributed by atoms with Crippen LogP contribution in [-0.4, -0.2) is 20.3 Å². The molecule has 0 radical (unpaired) electrons. The molecule has 1 aliphatic rings. The second kappa shape index (κ2) is 7.20. The predicted molar refractivity (Wildman–Crippen MR) is 50.2 cm³/mol. The van der Waals surface area contributed by atoms with E-state index in [9.17, 15) is 0 Å². The van der Waals surface area contributed by atoms with Gasteiger partial charge in [0, 0.05) is 0 Å². The third-order valence-corrected chi connectivity index (χ3v) is 3.68. The zero-order valence-corrected chi connectivity index (χ0v) is 10.9. The van der Waals surface area contributed by atoms with Crippen LogP contribution in [-0.2, 0) is 34.0 Å². The molecule has 1 unspecified atom stereocenters. The molecule has 0 aromatic heterocycles. The maximum atomic E-state index is 5.57. The Morgan fingerprint density at radius 3 is 2.62 bits per heavy atom. The summed E-state index contributed by atoms with van der Waals surface area (Å²) in [6, 6.07) is 0. The van der Waals surface area contributed by atoms with Crippen molar-refractivity contribution >= 4 is 7.12 Å². The Labute approximate surface area is 96.7 Å². The number of unbranched alkanes of at least 4 members (excludes halogenated alkanes) is 2. The van der Waals surface area contributed by atoms with Crippen molar-refractivity contribution in [2.24, 2.45) is 0 Å². The molecular weight excluding hydrogens is 242 g/mol. The Hall–Kier alpha value is 0.868. The minimum absolute atomic E-state index is 0.115. The summed E-state index contributed by atoms with van der Waals surface area (Å²) in [5.74, 6) is 0. The standard InChI is InChI=1S/C9H18BO2.Zr/c1-2-3-4-5-7-10-11-8-6-9-12-10;/h7H,2-6,8-9H2,1H3;. The van der Waals surface area contributed by atoms with Gasteiger partial charge in [-0.05, 0) is 0 Å². The van der Waals surface area contributed by atoms with Crippen LogP contribution in [0.25, 0.3) is 0 Å². The van der Waals surface area contributed by atoms with Crippen molar-refractivity contribution in [3.63, 3.8) is 0 Å². The van der Waals surface area contributed by atoms with Gasteiger partial charge in [0.15, 0.2) is 0 Å². The van der Waals surface area contributed by atoms with Crippen LogP contribution >= 0.6 is 0 Å². The van der Waals surface area contributed by atoms with E-state index < -0.39 is 0 Å². The number of hydrogen-bond donors (Lipinski definition) is 0. The second-order valence-electron chi connectivity index (χ2n) is 3.57. The normalized spacial score (nSPS) is 20.2. The van der Waals surface area contributed by atoms with E-state index >= 15 is 0 Å². The van der Waals surface area contributed by atoms with E-state index in [0.29, 0.717) is 3.53 Å². The van der Waals surface area contributed by atoms with E-state index in [4.69, 9.17) is 9.31 Å². The van der Waals surface area contributed by atoms with Gasteiger partial charge < -0.3 is 0 Å². The molecule has 0 N–H and O–H groups in total. The fraction of sp³-hybridized carbons (Fsp3) is 1.00. The molecular formula is C9H18BO2Zr. The Balaban J connectivity index is 2.09. The predicted octanol–water partition coefficient (Wildman–Crippen LogP) is 2.37. The Bertz CT molecular complexity index is 129. The molecule has 0 aliphatic carbocycles. The van der Waals surface area contributed by atoms with Crippen molar-refractivity contribution in [2.45, 2.75) is 42.6 Å². The van der Waals surface area contributed by atoms with Gasteiger partial charge in [0.1, 0.15) is 0 Å². The molecule has 0 aromatic rings. The second-order valence-corrected chi connectivity index (χ2v) is 5.39. The molecule has 4 heteroatoms. The summed E-state index contributed by atoms with van der Waals surface area (Å²) >= 11 is 1.56. The molecule has 0 spiro atoms. The van der Waals surface area contributed by atoms with Gasteiger partial charge in [-0.1, -0.05) is 0 Å². The van der Waals surface area contributed by atoms with Gasteiger partial charge in [0.05, 0.1) is 0 Å². The van der Waals surface area contributed by atoms with E-state index in [1.54, 1.807) is 24.7 Å². The average Bonchev–Trinajstić information content (AvgIpc) is 2.19. The Morgan fingerprint density at radius 1 is 1.31 bits per heavy atom. The third-order valence-electron chi connectivity index (χ3n) is 2.30. The molecule has 1 atom stereocenters. The molecule has 73 valence electrons. The van der Waals surface area contributed by atoms with Crippen LogP contribution in [0.1, 0.15) is 39.0 Å². The quantitative estimate of drug-likeness (QED) is 0.558. The molecule has 0 aromatic carbocycles. The van der Waals surface area contributed by atoms with Gasteiger partial charge in [-0.25, -0.2) is 0 Å². The van der Waals surface area contributed by atoms with E-state index in [2.05, 4.69) is 6.92 Å². The summed E-state index contributed by atoms with van der Waals surface area (Å²) in [6.07, 6.45) is 6.31. The van der Waals surface area contributed by atoms with Crippen LogP contribution in [0.15, 0.2) is 0 Å². The molecule has 0 saturated carbocycles. The Morgan fingerprint density at radius 2 is 2.00 bits per heavy atom. The molecule has 2 nitrogen and oxygen atoms in total. The molecule has 1 fully saturated rings. The van der Waals surface area contributed by atoms with Crippen LogP contribution in [0, 0.1) is 0 Å². The summed E-state index contributed by atoms with van der Waals surface area (Å²) in [5.41, 5.74) is 0. The molecule has 1 rings (SSSR count). The SMILES string of the molecule is CCCCC[CH]([Zr])B1OCCCO1. The zero-order chi connectivity index (χ0) is 9.52. The van der Waals surface area contributed by atoms with Gasteiger partial charge >= 0.3 is 96.9 Å². The molecule has 0 bridgehead atoms. The van der Waals surface area contributed by atoms with Gasteiger partial charge in [0.25, 0.3) is 0 Å². The first-order valence-corrected chi connectivity index (χ1v) is 6.71. The summed E-state index contributed by atoms with van der Waals surface area (Å²) in [7, 11) is 0.115. The van der Waals surface area contributed by atoms with E-state index in [1.165, 1.54) is 25.7 Å². The summed E-state index contributed by atoms with van der Waals surface area (Å²) in [6.45, 7) is 4.03. The first-order valence-electron chi connectivity index (χ1n) is 5.29. The average molecular weight is 260 g/mol. The maximum absolute atomic E-state index is 5.57. The van der Waals surface area contributed by atoms with Crippen molar-refractivity contribution < 1.29 is 34.0 Å². The van der Waals surface area contributed by atoms with Crippen LogP contribution in [0.3, 0.4) is 0 Å². The van der Waals surface area contributed by atoms with Gasteiger partial charge in [0.2, 0.25) is 0 Å². The van der Waals surface area contributed by atoms with Crippen molar-refractivity contribution in [1.82, 2.24) is 0 Å². The van der Waals surface area contributed by atoms with Gasteiger partial charge in [-0.2, -0.15) is 0 Å². The molecule has 0 amide bonds. The molecule has 1 heterocycles. The third kappa shape index (κ3) is 4.76. The van der Waals surface area contributed by atoms with Crippen molar-refractivity contribution in [2.75, 3.05) is 13.2 Å².